The minimum atomic E-state index is -0.584. The van der Waals surface area contributed by atoms with Gasteiger partial charge in [-0.1, -0.05) is 6.07 Å². The molecule has 0 aromatic carbocycles. The van der Waals surface area contributed by atoms with E-state index in [1.54, 1.807) is 24.2 Å². The fourth-order valence-electron chi connectivity index (χ4n) is 5.82. The van der Waals surface area contributed by atoms with Crippen molar-refractivity contribution in [1.82, 2.24) is 39.6 Å². The van der Waals surface area contributed by atoms with Gasteiger partial charge in [-0.05, 0) is 24.1 Å². The average Bonchev–Trinajstić information content (AvgIpc) is 3.64. The predicted molar refractivity (Wildman–Crippen MR) is 152 cm³/mol. The van der Waals surface area contributed by atoms with Crippen LogP contribution in [-0.2, 0) is 13.6 Å². The zero-order chi connectivity index (χ0) is 27.9. The number of fused-ring (bicyclic) bond motifs is 3. The lowest BCUT2D eigenvalue weighted by Crippen LogP contribution is -2.68. The maximum atomic E-state index is 12.9. The molecule has 3 fully saturated rings. The highest BCUT2D eigenvalue weighted by Crippen LogP contribution is 2.38. The molecule has 0 aliphatic carbocycles. The van der Waals surface area contributed by atoms with Crippen molar-refractivity contribution in [2.75, 3.05) is 38.4 Å². The van der Waals surface area contributed by atoms with Gasteiger partial charge in [0.2, 0.25) is 5.88 Å². The van der Waals surface area contributed by atoms with Gasteiger partial charge in [-0.25, -0.2) is 24.3 Å². The molecule has 5 aromatic heterocycles. The summed E-state index contributed by atoms with van der Waals surface area (Å²) < 4.78 is 25.5. The number of pyridine rings is 2. The third-order valence-electron chi connectivity index (χ3n) is 7.85. The third-order valence-corrected chi connectivity index (χ3v) is 7.85. The van der Waals surface area contributed by atoms with Crippen LogP contribution in [0.4, 0.5) is 10.2 Å². The summed E-state index contributed by atoms with van der Waals surface area (Å²) in [7, 11) is 3.48. The van der Waals surface area contributed by atoms with Crippen molar-refractivity contribution < 1.29 is 13.9 Å². The molecular formula is C29H30FN9O2. The minimum Gasteiger partial charge on any atom is -0.488 e. The lowest BCUT2D eigenvalue weighted by atomic mass is 9.87. The molecule has 3 saturated heterocycles. The average molecular weight is 556 g/mol. The molecule has 2 atom stereocenters. The summed E-state index contributed by atoms with van der Waals surface area (Å²) in [6.07, 6.45) is 10.2. The van der Waals surface area contributed by atoms with E-state index >= 15 is 0 Å². The maximum absolute atomic E-state index is 12.9. The highest BCUT2D eigenvalue weighted by atomic mass is 19.1. The molecule has 0 amide bonds. The van der Waals surface area contributed by atoms with E-state index in [2.05, 4.69) is 35.9 Å². The molecule has 210 valence electrons. The highest BCUT2D eigenvalue weighted by Gasteiger charge is 2.44. The van der Waals surface area contributed by atoms with Crippen LogP contribution >= 0.6 is 0 Å². The monoisotopic (exact) mass is 555 g/mol. The Morgan fingerprint density at radius 3 is 2.59 bits per heavy atom. The number of hydrogen-bond donors (Lipinski definition) is 1. The van der Waals surface area contributed by atoms with Crippen LogP contribution in [-0.4, -0.2) is 85.2 Å². The fourth-order valence-corrected chi connectivity index (χ4v) is 5.82. The fraction of sp³-hybridized carbons (Fsp3) is 0.345. The van der Waals surface area contributed by atoms with Gasteiger partial charge in [0.15, 0.2) is 5.82 Å². The van der Waals surface area contributed by atoms with E-state index in [4.69, 9.17) is 19.4 Å². The second kappa shape index (κ2) is 10.4. The number of anilines is 1. The lowest BCUT2D eigenvalue weighted by Gasteiger charge is -2.56. The first-order valence-electron chi connectivity index (χ1n) is 13.6. The van der Waals surface area contributed by atoms with Crippen molar-refractivity contribution in [2.45, 2.75) is 25.0 Å². The van der Waals surface area contributed by atoms with Gasteiger partial charge in [0, 0.05) is 75.2 Å². The number of alkyl halides is 1. The first kappa shape index (κ1) is 25.4. The number of piperidine rings is 1. The number of piperazine rings is 1. The van der Waals surface area contributed by atoms with Crippen LogP contribution in [0.15, 0.2) is 55.2 Å². The van der Waals surface area contributed by atoms with E-state index < -0.39 is 6.67 Å². The smallest absolute Gasteiger partial charge is 0.212 e. The van der Waals surface area contributed by atoms with Crippen molar-refractivity contribution in [1.29, 1.82) is 0 Å². The Hall–Kier alpha value is -4.58. The molecule has 8 heterocycles. The molecule has 41 heavy (non-hydrogen) atoms. The van der Waals surface area contributed by atoms with E-state index in [0.29, 0.717) is 46.3 Å². The van der Waals surface area contributed by atoms with Crippen LogP contribution in [0.5, 0.6) is 11.6 Å². The van der Waals surface area contributed by atoms with Crippen molar-refractivity contribution in [2.24, 2.45) is 7.05 Å². The van der Waals surface area contributed by atoms with Crippen LogP contribution in [0.25, 0.3) is 33.7 Å². The number of aryl methyl sites for hydroxylation is 1. The molecule has 2 bridgehead atoms. The number of nitrogens with zero attached hydrogens (tertiary/aromatic N) is 8. The lowest BCUT2D eigenvalue weighted by molar-refractivity contribution is -0.00876. The van der Waals surface area contributed by atoms with Gasteiger partial charge < -0.3 is 19.4 Å². The summed E-state index contributed by atoms with van der Waals surface area (Å²) >= 11 is 0. The Labute approximate surface area is 236 Å². The number of halogens is 1. The number of methoxy groups -OCH3 is 1. The number of nitrogens with one attached hydrogen (secondary N) is 1. The first-order valence-corrected chi connectivity index (χ1v) is 13.6. The summed E-state index contributed by atoms with van der Waals surface area (Å²) in [5, 5.41) is 4.96. The molecule has 12 heteroatoms. The number of rotatable bonds is 9. The Morgan fingerprint density at radius 1 is 1.02 bits per heavy atom. The van der Waals surface area contributed by atoms with Gasteiger partial charge >= 0.3 is 0 Å². The second-order valence-electron chi connectivity index (χ2n) is 10.4. The third kappa shape index (κ3) is 4.73. The molecular weight excluding hydrogens is 525 g/mol. The molecule has 2 unspecified atom stereocenters. The molecule has 0 spiro atoms. The number of hydrogen-bond acceptors (Lipinski definition) is 9. The largest absolute Gasteiger partial charge is 0.488 e. The standard InChI is InChI=1S/C29H30FN9O2/c1-37-15-20(12-34-37)28-35-27(26-23(41-8-7-30)13-33-29(26)36-28)19-4-5-24(31-11-19)38-16-21-9-22(17-38)39(21)14-18-3-6-25(40-2)32-10-18/h3-6,10-13,15,21-22H,7-9,14,16-17H2,1-2H3,(H,33,35,36). The van der Waals surface area contributed by atoms with Gasteiger partial charge in [0.25, 0.3) is 0 Å². The predicted octanol–water partition coefficient (Wildman–Crippen LogP) is 3.64. The molecule has 1 N–H and O–H groups in total. The van der Waals surface area contributed by atoms with E-state index in [1.807, 2.05) is 43.8 Å². The van der Waals surface area contributed by atoms with E-state index in [0.717, 1.165) is 36.6 Å². The second-order valence-corrected chi connectivity index (χ2v) is 10.4. The Kier molecular flexibility index (Phi) is 6.46. The molecule has 8 rings (SSSR count). The topological polar surface area (TPSA) is 110 Å². The van der Waals surface area contributed by atoms with Crippen LogP contribution in [0, 0.1) is 0 Å². The Balaban J connectivity index is 1.13. The van der Waals surface area contributed by atoms with Gasteiger partial charge in [0.05, 0.1) is 30.0 Å². The zero-order valence-electron chi connectivity index (χ0n) is 22.9. The quantitative estimate of drug-likeness (QED) is 0.292. The van der Waals surface area contributed by atoms with Gasteiger partial charge in [-0.3, -0.25) is 9.58 Å². The molecule has 3 aliphatic heterocycles. The number of aromatic amines is 1. The summed E-state index contributed by atoms with van der Waals surface area (Å²) in [5.41, 5.74) is 4.09. The molecule has 0 radical (unpaired) electrons. The number of H-pyrrole nitrogens is 1. The molecule has 11 nitrogen and oxygen atoms in total. The highest BCUT2D eigenvalue weighted by molar-refractivity contribution is 5.97. The minimum absolute atomic E-state index is 0.0444. The van der Waals surface area contributed by atoms with Crippen molar-refractivity contribution in [3.63, 3.8) is 0 Å². The van der Waals surface area contributed by atoms with Crippen molar-refractivity contribution >= 4 is 16.9 Å². The summed E-state index contributed by atoms with van der Waals surface area (Å²) in [6.45, 7) is 2.11. The number of aromatic nitrogens is 7. The summed E-state index contributed by atoms with van der Waals surface area (Å²) in [6, 6.07) is 9.04. The van der Waals surface area contributed by atoms with Crippen LogP contribution < -0.4 is 14.4 Å². The number of ether oxygens (including phenoxy) is 2. The van der Waals surface area contributed by atoms with E-state index in [9.17, 15) is 4.39 Å². The van der Waals surface area contributed by atoms with Crippen molar-refractivity contribution in [3.8, 4) is 34.3 Å². The SMILES string of the molecule is COc1ccc(CN2C3CC2CN(c2ccc(-c4nc(-c5cnn(C)c5)nc5[nH]cc(OCCF)c45)cn2)C3)cn1. The zero-order valence-corrected chi connectivity index (χ0v) is 22.9. The van der Waals surface area contributed by atoms with E-state index in [1.165, 1.54) is 12.0 Å². The maximum Gasteiger partial charge on any atom is 0.212 e. The first-order chi connectivity index (χ1) is 20.1. The van der Waals surface area contributed by atoms with Gasteiger partial charge in [-0.2, -0.15) is 5.10 Å². The summed E-state index contributed by atoms with van der Waals surface area (Å²) in [4.78, 5) is 26.8. The van der Waals surface area contributed by atoms with Gasteiger partial charge in [0.1, 0.15) is 30.5 Å². The van der Waals surface area contributed by atoms with E-state index in [-0.39, 0.29) is 6.61 Å². The molecule has 3 aliphatic rings. The molecule has 0 saturated carbocycles. The Bertz CT molecular complexity index is 1660. The normalized spacial score (nSPS) is 18.5. The van der Waals surface area contributed by atoms with Crippen LogP contribution in [0.2, 0.25) is 0 Å². The van der Waals surface area contributed by atoms with Crippen LogP contribution in [0.1, 0.15) is 12.0 Å². The van der Waals surface area contributed by atoms with Gasteiger partial charge in [-0.15, -0.1) is 0 Å². The van der Waals surface area contributed by atoms with Crippen LogP contribution in [0.3, 0.4) is 0 Å². The molecule has 5 aromatic rings. The summed E-state index contributed by atoms with van der Waals surface area (Å²) in [5.74, 6) is 2.62. The van der Waals surface area contributed by atoms with Crippen molar-refractivity contribution in [3.05, 3.63) is 60.8 Å². The Morgan fingerprint density at radius 2 is 1.90 bits per heavy atom.